The molecule has 0 heterocycles. The molecule has 3 nitrogen and oxygen atoms in total. The van der Waals surface area contributed by atoms with Crippen molar-refractivity contribution in [3.05, 3.63) is 23.8 Å². The molecule has 0 radical (unpaired) electrons. The molecule has 0 aliphatic heterocycles. The van der Waals surface area contributed by atoms with Gasteiger partial charge in [0.15, 0.2) is 0 Å². The highest BCUT2D eigenvalue weighted by Crippen LogP contribution is 2.21. The summed E-state index contributed by atoms with van der Waals surface area (Å²) >= 11 is 0. The number of ether oxygens (including phenoxy) is 1. The summed E-state index contributed by atoms with van der Waals surface area (Å²) in [5.41, 5.74) is 0.548. The van der Waals surface area contributed by atoms with E-state index in [0.29, 0.717) is 24.2 Å². The third-order valence-corrected chi connectivity index (χ3v) is 1.89. The average molecular weight is 206 g/mol. The maximum Gasteiger partial charge on any atom is 0.131 e. The van der Waals surface area contributed by atoms with Crippen LogP contribution < -0.4 is 4.74 Å². The fraction of sp³-hybridized carbons (Fsp3) is 0.333. The van der Waals surface area contributed by atoms with Crippen molar-refractivity contribution in [2.24, 2.45) is 0 Å². The summed E-state index contributed by atoms with van der Waals surface area (Å²) in [5.74, 6) is 6.51. The number of methoxy groups -OCH3 is 1. The van der Waals surface area contributed by atoms with Crippen LogP contribution in [0.25, 0.3) is 0 Å². The lowest BCUT2D eigenvalue weighted by molar-refractivity contribution is 0.290. The topological polar surface area (TPSA) is 49.7 Å². The fourth-order valence-electron chi connectivity index (χ4n) is 1.07. The van der Waals surface area contributed by atoms with Crippen molar-refractivity contribution in [1.29, 1.82) is 0 Å². The largest absolute Gasteiger partial charge is 0.507 e. The minimum absolute atomic E-state index is 0.138. The number of phenols is 1. The molecule has 1 aromatic rings. The van der Waals surface area contributed by atoms with E-state index in [1.807, 2.05) is 0 Å². The van der Waals surface area contributed by atoms with Crippen LogP contribution in [0, 0.1) is 11.8 Å². The maximum atomic E-state index is 9.48. The number of phenolic OH excluding ortho intramolecular Hbond substituents is 1. The van der Waals surface area contributed by atoms with Crippen LogP contribution in [0.1, 0.15) is 18.4 Å². The van der Waals surface area contributed by atoms with E-state index in [1.165, 1.54) is 0 Å². The highest BCUT2D eigenvalue weighted by Gasteiger charge is 1.99. The van der Waals surface area contributed by atoms with Crippen molar-refractivity contribution >= 4 is 0 Å². The zero-order chi connectivity index (χ0) is 11.1. The summed E-state index contributed by atoms with van der Waals surface area (Å²) in [6, 6.07) is 4.91. The minimum Gasteiger partial charge on any atom is -0.507 e. The van der Waals surface area contributed by atoms with Crippen LogP contribution in [0.4, 0.5) is 0 Å². The van der Waals surface area contributed by atoms with Crippen molar-refractivity contribution < 1.29 is 14.9 Å². The third-order valence-electron chi connectivity index (χ3n) is 1.89. The maximum absolute atomic E-state index is 9.48. The van der Waals surface area contributed by atoms with E-state index in [1.54, 1.807) is 25.3 Å². The lowest BCUT2D eigenvalue weighted by atomic mass is 10.2. The SMILES string of the molecule is COc1ccc(O)c(C#CCCCO)c1. The van der Waals surface area contributed by atoms with Gasteiger partial charge in [0.1, 0.15) is 11.5 Å². The van der Waals surface area contributed by atoms with Crippen LogP contribution in [0.2, 0.25) is 0 Å². The van der Waals surface area contributed by atoms with Gasteiger partial charge in [-0.2, -0.15) is 0 Å². The quantitative estimate of drug-likeness (QED) is 0.582. The molecule has 0 saturated carbocycles. The number of rotatable bonds is 3. The molecule has 0 aliphatic rings. The van der Waals surface area contributed by atoms with Crippen molar-refractivity contribution in [2.45, 2.75) is 12.8 Å². The van der Waals surface area contributed by atoms with Crippen molar-refractivity contribution in [1.82, 2.24) is 0 Å². The van der Waals surface area contributed by atoms with Crippen LogP contribution in [0.5, 0.6) is 11.5 Å². The molecule has 80 valence electrons. The highest BCUT2D eigenvalue weighted by atomic mass is 16.5. The Kier molecular flexibility index (Phi) is 4.52. The monoisotopic (exact) mass is 206 g/mol. The van der Waals surface area contributed by atoms with Gasteiger partial charge in [-0.1, -0.05) is 11.8 Å². The molecule has 0 spiro atoms. The highest BCUT2D eigenvalue weighted by molar-refractivity contribution is 5.49. The molecule has 0 atom stereocenters. The van der Waals surface area contributed by atoms with Crippen molar-refractivity contribution in [3.8, 4) is 23.3 Å². The lowest BCUT2D eigenvalue weighted by Crippen LogP contribution is -1.84. The third kappa shape index (κ3) is 3.53. The first-order valence-electron chi connectivity index (χ1n) is 4.74. The first-order valence-corrected chi connectivity index (χ1v) is 4.74. The Labute approximate surface area is 89.3 Å². The molecule has 1 rings (SSSR count). The van der Waals surface area contributed by atoms with E-state index in [-0.39, 0.29) is 12.4 Å². The number of unbranched alkanes of at least 4 members (excludes halogenated alkanes) is 1. The zero-order valence-electron chi connectivity index (χ0n) is 8.66. The number of hydrogen-bond acceptors (Lipinski definition) is 3. The van der Waals surface area contributed by atoms with Gasteiger partial charge in [0, 0.05) is 13.0 Å². The molecule has 0 unspecified atom stereocenters. The Hall–Kier alpha value is -1.66. The molecule has 1 aromatic carbocycles. The van der Waals surface area contributed by atoms with Crippen molar-refractivity contribution in [2.75, 3.05) is 13.7 Å². The Morgan fingerprint density at radius 1 is 1.40 bits per heavy atom. The number of benzene rings is 1. The number of aliphatic hydroxyl groups excluding tert-OH is 1. The second-order valence-corrected chi connectivity index (χ2v) is 3.01. The van der Waals surface area contributed by atoms with Gasteiger partial charge in [0.25, 0.3) is 0 Å². The second-order valence-electron chi connectivity index (χ2n) is 3.01. The average Bonchev–Trinajstić information content (AvgIpc) is 2.26. The molecular weight excluding hydrogens is 192 g/mol. The van der Waals surface area contributed by atoms with Gasteiger partial charge in [-0.3, -0.25) is 0 Å². The molecule has 0 aliphatic carbocycles. The zero-order valence-corrected chi connectivity index (χ0v) is 8.66. The van der Waals surface area contributed by atoms with E-state index in [2.05, 4.69) is 11.8 Å². The Balaban J connectivity index is 2.77. The number of aliphatic hydroxyl groups is 1. The van der Waals surface area contributed by atoms with E-state index < -0.39 is 0 Å². The van der Waals surface area contributed by atoms with E-state index in [4.69, 9.17) is 9.84 Å². The van der Waals surface area contributed by atoms with Gasteiger partial charge in [-0.15, -0.1) is 0 Å². The number of aromatic hydroxyl groups is 1. The van der Waals surface area contributed by atoms with Gasteiger partial charge in [-0.05, 0) is 24.6 Å². The summed E-state index contributed by atoms with van der Waals surface area (Å²) < 4.78 is 5.02. The summed E-state index contributed by atoms with van der Waals surface area (Å²) in [4.78, 5) is 0. The molecule has 0 bridgehead atoms. The first kappa shape index (κ1) is 11.4. The molecular formula is C12H14O3. The fourth-order valence-corrected chi connectivity index (χ4v) is 1.07. The Morgan fingerprint density at radius 3 is 2.87 bits per heavy atom. The van der Waals surface area contributed by atoms with Gasteiger partial charge in [0.05, 0.1) is 12.7 Å². The molecule has 3 heteroatoms. The van der Waals surface area contributed by atoms with Crippen LogP contribution in [0.3, 0.4) is 0 Å². The molecule has 0 amide bonds. The summed E-state index contributed by atoms with van der Waals surface area (Å²) in [5, 5.41) is 18.0. The lowest BCUT2D eigenvalue weighted by Gasteiger charge is -2.01. The van der Waals surface area contributed by atoms with Crippen LogP contribution in [-0.2, 0) is 0 Å². The van der Waals surface area contributed by atoms with Crippen molar-refractivity contribution in [3.63, 3.8) is 0 Å². The van der Waals surface area contributed by atoms with E-state index in [0.717, 1.165) is 0 Å². The molecule has 0 fully saturated rings. The van der Waals surface area contributed by atoms with Crippen LogP contribution in [-0.4, -0.2) is 23.9 Å². The Morgan fingerprint density at radius 2 is 2.20 bits per heavy atom. The Bertz CT molecular complexity index is 374. The predicted octanol–water partition coefficient (Wildman–Crippen LogP) is 1.52. The minimum atomic E-state index is 0.138. The normalized spacial score (nSPS) is 9.20. The first-order chi connectivity index (χ1) is 7.27. The second kappa shape index (κ2) is 5.94. The van der Waals surface area contributed by atoms with Crippen LogP contribution >= 0.6 is 0 Å². The van der Waals surface area contributed by atoms with Gasteiger partial charge in [0.2, 0.25) is 0 Å². The molecule has 0 saturated heterocycles. The van der Waals surface area contributed by atoms with E-state index in [9.17, 15) is 5.11 Å². The molecule has 0 aromatic heterocycles. The summed E-state index contributed by atoms with van der Waals surface area (Å²) in [6.07, 6.45) is 1.27. The van der Waals surface area contributed by atoms with Gasteiger partial charge in [-0.25, -0.2) is 0 Å². The predicted molar refractivity (Wildman–Crippen MR) is 57.9 cm³/mol. The van der Waals surface area contributed by atoms with E-state index >= 15 is 0 Å². The summed E-state index contributed by atoms with van der Waals surface area (Å²) in [7, 11) is 1.56. The molecule has 2 N–H and O–H groups in total. The molecule has 15 heavy (non-hydrogen) atoms. The smallest absolute Gasteiger partial charge is 0.131 e. The summed E-state index contributed by atoms with van der Waals surface area (Å²) in [6.45, 7) is 0.138. The van der Waals surface area contributed by atoms with Gasteiger partial charge < -0.3 is 14.9 Å². The standard InChI is InChI=1S/C12H14O3/c1-15-11-6-7-12(14)10(9-11)5-3-2-4-8-13/h6-7,9,13-14H,2,4,8H2,1H3. The van der Waals surface area contributed by atoms with Gasteiger partial charge >= 0.3 is 0 Å². The number of hydrogen-bond donors (Lipinski definition) is 2. The van der Waals surface area contributed by atoms with Crippen LogP contribution in [0.15, 0.2) is 18.2 Å².